The highest BCUT2D eigenvalue weighted by molar-refractivity contribution is 7.09. The number of pyridine rings is 1. The summed E-state index contributed by atoms with van der Waals surface area (Å²) in [5.41, 5.74) is 3.95. The maximum atomic E-state index is 5.20. The Morgan fingerprint density at radius 2 is 2.28 bits per heavy atom. The molecule has 96 valence electrons. The van der Waals surface area contributed by atoms with Crippen molar-refractivity contribution in [2.45, 2.75) is 26.4 Å². The van der Waals surface area contributed by atoms with Gasteiger partial charge in [-0.25, -0.2) is 4.98 Å². The Morgan fingerprint density at radius 3 is 2.94 bits per heavy atom. The van der Waals surface area contributed by atoms with Gasteiger partial charge in [0.15, 0.2) is 0 Å². The molecule has 0 radical (unpaired) electrons. The van der Waals surface area contributed by atoms with E-state index in [1.165, 1.54) is 4.88 Å². The Kier molecular flexibility index (Phi) is 4.28. The normalized spacial score (nSPS) is 12.4. The minimum Gasteiger partial charge on any atom is -0.497 e. The minimum absolute atomic E-state index is 0.182. The molecule has 0 amide bonds. The monoisotopic (exact) mass is 263 g/mol. The Morgan fingerprint density at radius 1 is 1.44 bits per heavy atom. The summed E-state index contributed by atoms with van der Waals surface area (Å²) in [7, 11) is 1.66. The number of ether oxygens (including phenoxy) is 1. The molecule has 1 N–H and O–H groups in total. The van der Waals surface area contributed by atoms with Crippen molar-refractivity contribution in [3.63, 3.8) is 0 Å². The molecule has 1 atom stereocenters. The molecule has 2 aromatic rings. The Hall–Kier alpha value is -1.46. The Balaban J connectivity index is 1.99. The Bertz CT molecular complexity index is 512. The topological polar surface area (TPSA) is 47.0 Å². The second-order valence-corrected chi connectivity index (χ2v) is 5.02. The highest BCUT2D eigenvalue weighted by atomic mass is 32.1. The first-order valence-electron chi connectivity index (χ1n) is 5.83. The molecule has 5 heteroatoms. The van der Waals surface area contributed by atoms with Crippen molar-refractivity contribution in [1.29, 1.82) is 0 Å². The van der Waals surface area contributed by atoms with E-state index in [-0.39, 0.29) is 6.04 Å². The lowest BCUT2D eigenvalue weighted by molar-refractivity contribution is 0.412. The zero-order valence-electron chi connectivity index (χ0n) is 10.8. The fourth-order valence-electron chi connectivity index (χ4n) is 1.64. The molecule has 2 rings (SSSR count). The van der Waals surface area contributed by atoms with Crippen LogP contribution in [0.15, 0.2) is 23.8 Å². The standard InChI is InChI=1S/C13H17N3OS/c1-9(12-6-11(17-3)4-5-14-12)15-7-13-10(2)16-8-18-13/h4-6,8-9,15H,7H2,1-3H3/t9-/m0/s1. The summed E-state index contributed by atoms with van der Waals surface area (Å²) >= 11 is 1.68. The predicted molar refractivity (Wildman–Crippen MR) is 72.9 cm³/mol. The lowest BCUT2D eigenvalue weighted by Crippen LogP contribution is -2.19. The van der Waals surface area contributed by atoms with Crippen LogP contribution in [0.1, 0.15) is 29.2 Å². The van der Waals surface area contributed by atoms with Crippen molar-refractivity contribution in [3.8, 4) is 5.75 Å². The van der Waals surface area contributed by atoms with Gasteiger partial charge in [-0.05, 0) is 19.9 Å². The first kappa shape index (κ1) is 13.0. The van der Waals surface area contributed by atoms with E-state index in [0.717, 1.165) is 23.7 Å². The van der Waals surface area contributed by atoms with Crippen LogP contribution in [0.2, 0.25) is 0 Å². The molecular weight excluding hydrogens is 246 g/mol. The fraction of sp³-hybridized carbons (Fsp3) is 0.385. The van der Waals surface area contributed by atoms with E-state index in [4.69, 9.17) is 4.74 Å². The molecule has 0 fully saturated rings. The van der Waals surface area contributed by atoms with E-state index in [9.17, 15) is 0 Å². The van der Waals surface area contributed by atoms with E-state index >= 15 is 0 Å². The van der Waals surface area contributed by atoms with Crippen molar-refractivity contribution in [1.82, 2.24) is 15.3 Å². The SMILES string of the molecule is COc1ccnc([C@H](C)NCc2scnc2C)c1. The van der Waals surface area contributed by atoms with Crippen molar-refractivity contribution >= 4 is 11.3 Å². The Labute approximate surface area is 111 Å². The fourth-order valence-corrected chi connectivity index (χ4v) is 2.37. The van der Waals surface area contributed by atoms with Crippen LogP contribution in [-0.2, 0) is 6.54 Å². The van der Waals surface area contributed by atoms with E-state index in [0.29, 0.717) is 0 Å². The van der Waals surface area contributed by atoms with Gasteiger partial charge in [-0.1, -0.05) is 0 Å². The number of nitrogens with one attached hydrogen (secondary N) is 1. The molecule has 0 aliphatic heterocycles. The second-order valence-electron chi connectivity index (χ2n) is 4.08. The van der Waals surface area contributed by atoms with Gasteiger partial charge in [0.2, 0.25) is 0 Å². The molecule has 0 bridgehead atoms. The third-order valence-electron chi connectivity index (χ3n) is 2.85. The number of hydrogen-bond donors (Lipinski definition) is 1. The predicted octanol–water partition coefficient (Wildman–Crippen LogP) is 2.71. The molecule has 0 aliphatic rings. The molecule has 0 spiro atoms. The summed E-state index contributed by atoms with van der Waals surface area (Å²) < 4.78 is 5.20. The van der Waals surface area contributed by atoms with Crippen LogP contribution < -0.4 is 10.1 Å². The average Bonchev–Trinajstić information content (AvgIpc) is 2.81. The van der Waals surface area contributed by atoms with E-state index in [2.05, 4.69) is 22.2 Å². The van der Waals surface area contributed by atoms with Gasteiger partial charge in [0.25, 0.3) is 0 Å². The maximum Gasteiger partial charge on any atom is 0.122 e. The maximum absolute atomic E-state index is 5.20. The third-order valence-corrected chi connectivity index (χ3v) is 3.78. The summed E-state index contributed by atoms with van der Waals surface area (Å²) in [5, 5.41) is 3.45. The lowest BCUT2D eigenvalue weighted by Gasteiger charge is -2.13. The molecule has 0 unspecified atom stereocenters. The molecule has 0 saturated heterocycles. The summed E-state index contributed by atoms with van der Waals surface area (Å²) in [4.78, 5) is 9.86. The third kappa shape index (κ3) is 3.05. The van der Waals surface area contributed by atoms with Gasteiger partial charge in [0, 0.05) is 29.7 Å². The molecule has 0 aromatic carbocycles. The number of hydrogen-bond acceptors (Lipinski definition) is 5. The van der Waals surface area contributed by atoms with Gasteiger partial charge in [-0.3, -0.25) is 4.98 Å². The average molecular weight is 263 g/mol. The number of nitrogens with zero attached hydrogens (tertiary/aromatic N) is 2. The van der Waals surface area contributed by atoms with Crippen LogP contribution in [0.25, 0.3) is 0 Å². The summed E-state index contributed by atoms with van der Waals surface area (Å²) in [6, 6.07) is 3.99. The lowest BCUT2D eigenvalue weighted by atomic mass is 10.2. The van der Waals surface area contributed by atoms with Gasteiger partial charge < -0.3 is 10.1 Å². The molecule has 18 heavy (non-hydrogen) atoms. The largest absolute Gasteiger partial charge is 0.497 e. The first-order chi connectivity index (χ1) is 8.70. The van der Waals surface area contributed by atoms with Crippen molar-refractivity contribution < 1.29 is 4.74 Å². The number of aryl methyl sites for hydroxylation is 1. The summed E-state index contributed by atoms with van der Waals surface area (Å²) in [5.74, 6) is 0.836. The molecule has 4 nitrogen and oxygen atoms in total. The van der Waals surface area contributed by atoms with Crippen LogP contribution in [-0.4, -0.2) is 17.1 Å². The quantitative estimate of drug-likeness (QED) is 0.901. The van der Waals surface area contributed by atoms with Gasteiger partial charge in [0.1, 0.15) is 5.75 Å². The van der Waals surface area contributed by atoms with E-state index < -0.39 is 0 Å². The number of methoxy groups -OCH3 is 1. The zero-order valence-corrected chi connectivity index (χ0v) is 11.6. The molecule has 2 heterocycles. The van der Waals surface area contributed by atoms with Crippen LogP contribution in [0, 0.1) is 6.92 Å². The van der Waals surface area contributed by atoms with Crippen molar-refractivity contribution in [2.24, 2.45) is 0 Å². The first-order valence-corrected chi connectivity index (χ1v) is 6.71. The molecular formula is C13H17N3OS. The zero-order chi connectivity index (χ0) is 13.0. The molecule has 2 aromatic heterocycles. The second kappa shape index (κ2) is 5.93. The van der Waals surface area contributed by atoms with Gasteiger partial charge >= 0.3 is 0 Å². The van der Waals surface area contributed by atoms with Crippen LogP contribution >= 0.6 is 11.3 Å². The van der Waals surface area contributed by atoms with Crippen molar-refractivity contribution in [3.05, 3.63) is 40.1 Å². The molecule has 0 saturated carbocycles. The van der Waals surface area contributed by atoms with E-state index in [1.54, 1.807) is 24.6 Å². The highest BCUT2D eigenvalue weighted by Gasteiger charge is 2.09. The van der Waals surface area contributed by atoms with Crippen molar-refractivity contribution in [2.75, 3.05) is 7.11 Å². The van der Waals surface area contributed by atoms with Crippen LogP contribution in [0.5, 0.6) is 5.75 Å². The van der Waals surface area contributed by atoms with Gasteiger partial charge in [0.05, 0.1) is 24.0 Å². The number of aromatic nitrogens is 2. The van der Waals surface area contributed by atoms with E-state index in [1.807, 2.05) is 24.6 Å². The highest BCUT2D eigenvalue weighted by Crippen LogP contribution is 2.18. The van der Waals surface area contributed by atoms with Gasteiger partial charge in [-0.15, -0.1) is 11.3 Å². The summed E-state index contributed by atoms with van der Waals surface area (Å²) in [6.07, 6.45) is 1.77. The molecule has 0 aliphatic carbocycles. The minimum atomic E-state index is 0.182. The van der Waals surface area contributed by atoms with Gasteiger partial charge in [-0.2, -0.15) is 0 Å². The number of thiazole rings is 1. The summed E-state index contributed by atoms with van der Waals surface area (Å²) in [6.45, 7) is 4.94. The van der Waals surface area contributed by atoms with Crippen LogP contribution in [0.3, 0.4) is 0 Å². The number of rotatable bonds is 5. The van der Waals surface area contributed by atoms with Crippen LogP contribution in [0.4, 0.5) is 0 Å². The smallest absolute Gasteiger partial charge is 0.122 e.